The van der Waals surface area contributed by atoms with Gasteiger partial charge in [-0.3, -0.25) is 54.2 Å². The van der Waals surface area contributed by atoms with Crippen LogP contribution in [0.4, 0.5) is 11.9 Å². The van der Waals surface area contributed by atoms with Gasteiger partial charge in [0.15, 0.2) is 51.4 Å². The molecular formula is C65H87N14O12P2S2Si2+. The Labute approximate surface area is 577 Å². The molecule has 2 saturated heterocycles. The molecule has 4 aromatic heterocycles. The molecule has 97 heavy (non-hydrogen) atoms. The van der Waals surface area contributed by atoms with E-state index in [0.29, 0.717) is 0 Å². The number of nitriles is 2. The van der Waals surface area contributed by atoms with Crippen molar-refractivity contribution in [2.75, 3.05) is 37.1 Å². The van der Waals surface area contributed by atoms with Gasteiger partial charge in [0.1, 0.15) is 37.6 Å². The molecule has 0 bridgehead atoms. The first-order valence-electron chi connectivity index (χ1n) is 32.1. The number of imidazole rings is 2. The van der Waals surface area contributed by atoms with E-state index in [1.807, 2.05) is 54.6 Å². The third-order valence-electron chi connectivity index (χ3n) is 18.1. The normalized spacial score (nSPS) is 21.0. The maximum absolute atomic E-state index is 14.0. The fourth-order valence-electron chi connectivity index (χ4n) is 10.8. The predicted octanol–water partition coefficient (Wildman–Crippen LogP) is 10.8. The van der Waals surface area contributed by atoms with Crippen LogP contribution in [0.15, 0.2) is 113 Å². The van der Waals surface area contributed by atoms with Crippen molar-refractivity contribution in [3.8, 4) is 12.1 Å². The Morgan fingerprint density at radius 3 is 1.47 bits per heavy atom. The molecule has 0 spiro atoms. The Morgan fingerprint density at radius 2 is 1.06 bits per heavy atom. The van der Waals surface area contributed by atoms with E-state index in [9.17, 15) is 29.7 Å². The van der Waals surface area contributed by atoms with Crippen LogP contribution in [0.1, 0.15) is 111 Å². The van der Waals surface area contributed by atoms with Gasteiger partial charge in [-0.15, -0.1) is 9.05 Å². The molecule has 6 heterocycles. The number of ether oxygens (including phenoxy) is 2. The molecule has 0 radical (unpaired) electrons. The first-order chi connectivity index (χ1) is 45.8. The van der Waals surface area contributed by atoms with Crippen LogP contribution >= 0.6 is 13.8 Å². The molecule has 0 saturated carbocycles. The highest BCUT2D eigenvalue weighted by Crippen LogP contribution is 2.52. The molecule has 9 rings (SSSR count). The van der Waals surface area contributed by atoms with Gasteiger partial charge in [-0.2, -0.15) is 20.5 Å². The maximum atomic E-state index is 14.0. The van der Waals surface area contributed by atoms with Crippen molar-refractivity contribution in [1.29, 1.82) is 10.5 Å². The number of aromatic nitrogens is 8. The highest BCUT2D eigenvalue weighted by molar-refractivity contribution is 8.09. The second-order valence-corrected chi connectivity index (χ2v) is 42.1. The van der Waals surface area contributed by atoms with E-state index in [4.69, 9.17) is 70.0 Å². The zero-order valence-corrected chi connectivity index (χ0v) is 62.4. The van der Waals surface area contributed by atoms with Gasteiger partial charge in [0.05, 0.1) is 68.5 Å². The molecule has 2 amide bonds. The summed E-state index contributed by atoms with van der Waals surface area (Å²) in [4.78, 5) is 78.1. The molecule has 0 aliphatic carbocycles. The first kappa shape index (κ1) is 74.7. The third-order valence-corrected chi connectivity index (χ3v) is 31.0. The molecule has 2 fully saturated rings. The average Bonchev–Trinajstić information content (AvgIpc) is 1.69. The van der Waals surface area contributed by atoms with E-state index in [2.05, 4.69) is 157 Å². The van der Waals surface area contributed by atoms with Crippen molar-refractivity contribution in [1.82, 2.24) is 49.4 Å². The fourth-order valence-corrected chi connectivity index (χ4v) is 16.7. The van der Waals surface area contributed by atoms with Crippen molar-refractivity contribution in [3.05, 3.63) is 141 Å². The Kier molecular flexibility index (Phi) is 23.8. The minimum atomic E-state index is -4.04. The first-order valence-corrected chi connectivity index (χ1v) is 42.8. The number of fused-ring (bicyclic) bond motifs is 2. The van der Waals surface area contributed by atoms with E-state index in [1.165, 1.54) is 12.7 Å². The second-order valence-electron chi connectivity index (χ2n) is 27.5. The van der Waals surface area contributed by atoms with Crippen LogP contribution in [-0.2, 0) is 75.2 Å². The number of carbonyl (C=O) groups excluding carboxylic acids is 2. The Morgan fingerprint density at radius 1 is 0.649 bits per heavy atom. The summed E-state index contributed by atoms with van der Waals surface area (Å²) >= 11 is 12.4. The molecule has 2 unspecified atom stereocenters. The van der Waals surface area contributed by atoms with Crippen LogP contribution in [-0.4, -0.2) is 130 Å². The fraction of sp³-hybridized carbons (Fsp3) is 0.508. The van der Waals surface area contributed by atoms with Gasteiger partial charge in [-0.25, -0.2) is 15.1 Å². The van der Waals surface area contributed by atoms with Crippen LogP contribution in [0.3, 0.4) is 0 Å². The minimum Gasteiger partial charge on any atom is -0.408 e. The molecule has 518 valence electrons. The lowest BCUT2D eigenvalue weighted by Crippen LogP contribution is -2.59. The van der Waals surface area contributed by atoms with E-state index >= 15 is 0 Å². The van der Waals surface area contributed by atoms with Crippen molar-refractivity contribution < 1.29 is 46.0 Å². The van der Waals surface area contributed by atoms with Crippen LogP contribution in [0, 0.1) is 34.5 Å². The van der Waals surface area contributed by atoms with Crippen molar-refractivity contribution in [2.24, 2.45) is 11.8 Å². The summed E-state index contributed by atoms with van der Waals surface area (Å²) in [5.41, 5.74) is 0.306. The zero-order valence-electron chi connectivity index (χ0n) is 57.0. The summed E-state index contributed by atoms with van der Waals surface area (Å²) in [6.45, 7) is 23.2. The summed E-state index contributed by atoms with van der Waals surface area (Å²) in [5.74, 6) is -1.88. The molecule has 10 atom stereocenters. The molecule has 32 heteroatoms. The van der Waals surface area contributed by atoms with E-state index in [0.717, 1.165) is 16.7 Å². The standard InChI is InChI=1S/C65H86N14O12P2S2Si2/c1-40(2)55(80)72-61-70-53-49(57(82)74-61)68-38-78(53)59-51(90-96(11,12)63(5,6)7)47(76-65(42-26-18-15-19-27-42,43-28-20-16-21-29-43)44-30-22-17-23-31-44)46(89-59)37-87-93(95,86-35-25-33-67)77-48-45(36-85-92(94)84-34-24-32-66)88-60(52(48)91-97(13,14)64(8,9)10)79-39-69-50-54(79)71-62(75-58(50)83)73-56(81)41(3)4/h15-23,26-31,38-41,45-48,51-52,59-60,76H,24-25,34-37H2,1-14H3,(H4-,70,71,72,73,74,75,77,80,81,82,83,95)/p+1/t45-,46-,47-,48-,51-,52-,59-,60-,93?/m1/s1. The van der Waals surface area contributed by atoms with Gasteiger partial charge in [-0.1, -0.05) is 160 Å². The number of amides is 2. The zero-order chi connectivity index (χ0) is 70.4. The lowest BCUT2D eigenvalue weighted by molar-refractivity contribution is -0.119. The van der Waals surface area contributed by atoms with Crippen molar-refractivity contribution in [2.45, 2.75) is 173 Å². The topological polar surface area (TPSA) is 331 Å². The lowest BCUT2D eigenvalue weighted by atomic mass is 9.76. The predicted molar refractivity (Wildman–Crippen MR) is 381 cm³/mol. The summed E-state index contributed by atoms with van der Waals surface area (Å²) < 4.78 is 59.1. The maximum Gasteiger partial charge on any atom is 0.521 e. The summed E-state index contributed by atoms with van der Waals surface area (Å²) in [6, 6.07) is 32.5. The highest BCUT2D eigenvalue weighted by atomic mass is 32.5. The number of rotatable bonds is 29. The molecular weight excluding hydrogens is 1350 g/mol. The monoisotopic (exact) mass is 1440 g/mol. The molecule has 2 aliphatic rings. The number of anilines is 2. The molecule has 3 aromatic carbocycles. The SMILES string of the molecule is CC(C)C(=O)Nc1nc2c(ncn2[C@@H]2O[C@H](COP(=S)(N[C@H]3[C@@H](O[Si](C)(C)C(C)(C)C)[C@H](n4cnc5c(=O)[nH]c(NC(=O)C(C)C)nc54)O[C@@H]3CO[P+](=S)OCCC#N)OCCC#N)[C@@H](NC(c3ccccc3)(c3ccccc3)c3ccccc3)[C@H]2O[Si](C)(C)C(C)(C)C)c(=O)[nH]1. The number of hydrogen-bond donors (Lipinski definition) is 6. The molecule has 2 aliphatic heterocycles. The number of aromatic amines is 2. The largest absolute Gasteiger partial charge is 0.521 e. The summed E-state index contributed by atoms with van der Waals surface area (Å²) in [7, 11) is -7.84. The number of nitrogens with zero attached hydrogens (tertiary/aromatic N) is 8. The lowest BCUT2D eigenvalue weighted by Gasteiger charge is -2.44. The number of carbonyl (C=O) groups is 2. The van der Waals surface area contributed by atoms with Crippen LogP contribution < -0.4 is 32.2 Å². The number of hydrogen-bond acceptors (Lipinski definition) is 21. The number of nitrogens with one attached hydrogen (secondary N) is 6. The van der Waals surface area contributed by atoms with Crippen LogP contribution in [0.25, 0.3) is 22.3 Å². The summed E-state index contributed by atoms with van der Waals surface area (Å²) in [5, 5.41) is 31.9. The van der Waals surface area contributed by atoms with Gasteiger partial charge in [0.25, 0.3) is 17.8 Å². The van der Waals surface area contributed by atoms with Crippen LogP contribution in [0.2, 0.25) is 36.3 Å². The Hall–Kier alpha value is -6.52. The Balaban J connectivity index is 1.23. The number of benzene rings is 3. The van der Waals surface area contributed by atoms with Gasteiger partial charge >= 0.3 is 7.15 Å². The van der Waals surface area contributed by atoms with Gasteiger partial charge < -0.3 is 27.4 Å². The van der Waals surface area contributed by atoms with Crippen molar-refractivity contribution in [3.63, 3.8) is 0 Å². The Bertz CT molecular complexity index is 4100. The van der Waals surface area contributed by atoms with Crippen molar-refractivity contribution >= 4 is 100 Å². The van der Waals surface area contributed by atoms with Crippen LogP contribution in [0.5, 0.6) is 0 Å². The van der Waals surface area contributed by atoms with Gasteiger partial charge in [0.2, 0.25) is 35.5 Å². The van der Waals surface area contributed by atoms with E-state index in [1.54, 1.807) is 36.8 Å². The van der Waals surface area contributed by atoms with E-state index < -0.39 is 113 Å². The van der Waals surface area contributed by atoms with E-state index in [-0.39, 0.29) is 90.3 Å². The van der Waals surface area contributed by atoms with Gasteiger partial charge in [0, 0.05) is 11.8 Å². The molecule has 26 nitrogen and oxygen atoms in total. The van der Waals surface area contributed by atoms with Gasteiger partial charge in [-0.05, 0) is 64.8 Å². The highest BCUT2D eigenvalue weighted by Gasteiger charge is 2.57. The second kappa shape index (κ2) is 30.9. The average molecular weight is 1440 g/mol. The minimum absolute atomic E-state index is 0.0191. The molecule has 6 N–H and O–H groups in total. The third kappa shape index (κ3) is 16.9. The molecule has 7 aromatic rings. The summed E-state index contributed by atoms with van der Waals surface area (Å²) in [6.07, 6.45) is -3.50. The number of H-pyrrole nitrogens is 2. The smallest absolute Gasteiger partial charge is 0.408 e. The quantitative estimate of drug-likeness (QED) is 0.0110.